The number of nitrogens with two attached hydrogens (primary N) is 1. The van der Waals surface area contributed by atoms with E-state index >= 15 is 0 Å². The minimum Gasteiger partial charge on any atom is -0.494 e. The van der Waals surface area contributed by atoms with Crippen LogP contribution in [0.4, 0.5) is 0 Å². The zero-order chi connectivity index (χ0) is 14.5. The van der Waals surface area contributed by atoms with E-state index in [0.717, 1.165) is 5.75 Å². The number of ether oxygens (including phenoxy) is 1. The van der Waals surface area contributed by atoms with Gasteiger partial charge in [-0.1, -0.05) is 20.8 Å². The first kappa shape index (κ1) is 15.5. The van der Waals surface area contributed by atoms with Crippen LogP contribution in [0.25, 0.3) is 0 Å². The zero-order valence-electron chi connectivity index (χ0n) is 12.2. The van der Waals surface area contributed by atoms with Crippen LogP contribution in [0, 0.1) is 5.41 Å². The van der Waals surface area contributed by atoms with Crippen molar-refractivity contribution in [1.82, 2.24) is 5.32 Å². The number of hydrogen-bond donors (Lipinski definition) is 2. The topological polar surface area (TPSA) is 64.3 Å². The van der Waals surface area contributed by atoms with Gasteiger partial charge in [0, 0.05) is 18.2 Å². The highest BCUT2D eigenvalue weighted by molar-refractivity contribution is 5.94. The molecule has 0 saturated carbocycles. The second-order valence-electron chi connectivity index (χ2n) is 5.59. The predicted octanol–water partition coefficient (Wildman–Crippen LogP) is 2.19. The molecule has 1 aromatic rings. The van der Waals surface area contributed by atoms with E-state index in [2.05, 4.69) is 26.1 Å². The summed E-state index contributed by atoms with van der Waals surface area (Å²) in [6.07, 6.45) is 0. The Morgan fingerprint density at radius 3 is 2.32 bits per heavy atom. The summed E-state index contributed by atoms with van der Waals surface area (Å²) in [6.45, 7) is 9.14. The largest absolute Gasteiger partial charge is 0.494 e. The van der Waals surface area contributed by atoms with E-state index in [1.165, 1.54) is 0 Å². The predicted molar refractivity (Wildman–Crippen MR) is 77.4 cm³/mol. The lowest BCUT2D eigenvalue weighted by atomic mass is 9.86. The quantitative estimate of drug-likeness (QED) is 0.857. The number of carbonyl (C=O) groups is 1. The van der Waals surface area contributed by atoms with Crippen LogP contribution >= 0.6 is 0 Å². The monoisotopic (exact) mass is 264 g/mol. The fraction of sp³-hybridized carbons (Fsp3) is 0.533. The minimum absolute atomic E-state index is 0.0495. The second kappa shape index (κ2) is 6.57. The van der Waals surface area contributed by atoms with E-state index in [-0.39, 0.29) is 17.4 Å². The minimum atomic E-state index is -0.103. The van der Waals surface area contributed by atoms with Crippen molar-refractivity contribution in [2.75, 3.05) is 13.2 Å². The highest BCUT2D eigenvalue weighted by Gasteiger charge is 2.25. The molecule has 0 fully saturated rings. The van der Waals surface area contributed by atoms with Crippen LogP contribution in [0.2, 0.25) is 0 Å². The molecular weight excluding hydrogens is 240 g/mol. The molecule has 0 bridgehead atoms. The van der Waals surface area contributed by atoms with Crippen LogP contribution in [0.15, 0.2) is 24.3 Å². The van der Waals surface area contributed by atoms with Crippen LogP contribution < -0.4 is 15.8 Å². The van der Waals surface area contributed by atoms with Gasteiger partial charge in [0.2, 0.25) is 0 Å². The first-order valence-electron chi connectivity index (χ1n) is 6.62. The molecule has 1 rings (SSSR count). The number of benzene rings is 1. The molecule has 1 atom stereocenters. The second-order valence-corrected chi connectivity index (χ2v) is 5.59. The number of rotatable bonds is 5. The third kappa shape index (κ3) is 4.56. The molecule has 0 aliphatic carbocycles. The number of carbonyl (C=O) groups excluding carboxylic acids is 1. The molecule has 0 aliphatic rings. The molecule has 19 heavy (non-hydrogen) atoms. The van der Waals surface area contributed by atoms with E-state index in [1.54, 1.807) is 24.3 Å². The molecule has 1 amide bonds. The molecule has 1 aromatic carbocycles. The summed E-state index contributed by atoms with van der Waals surface area (Å²) in [5, 5.41) is 2.97. The molecule has 0 radical (unpaired) electrons. The van der Waals surface area contributed by atoms with Gasteiger partial charge < -0.3 is 15.8 Å². The Kier molecular flexibility index (Phi) is 5.36. The van der Waals surface area contributed by atoms with Gasteiger partial charge in [0.1, 0.15) is 5.75 Å². The van der Waals surface area contributed by atoms with Crippen LogP contribution in [0.1, 0.15) is 38.1 Å². The Balaban J connectivity index is 2.72. The summed E-state index contributed by atoms with van der Waals surface area (Å²) in [5.41, 5.74) is 6.27. The summed E-state index contributed by atoms with van der Waals surface area (Å²) < 4.78 is 5.35. The van der Waals surface area contributed by atoms with Crippen molar-refractivity contribution in [2.45, 2.75) is 33.7 Å². The average molecular weight is 264 g/mol. The SMILES string of the molecule is CCOc1ccc(C(=O)NC(CN)C(C)(C)C)cc1. The number of hydrogen-bond acceptors (Lipinski definition) is 3. The van der Waals surface area contributed by atoms with E-state index in [1.807, 2.05) is 6.92 Å². The smallest absolute Gasteiger partial charge is 0.251 e. The number of amides is 1. The Bertz CT molecular complexity index is 407. The van der Waals surface area contributed by atoms with Crippen molar-refractivity contribution in [3.05, 3.63) is 29.8 Å². The van der Waals surface area contributed by atoms with Gasteiger partial charge in [-0.3, -0.25) is 4.79 Å². The first-order chi connectivity index (χ1) is 8.88. The van der Waals surface area contributed by atoms with Crippen molar-refractivity contribution in [2.24, 2.45) is 11.1 Å². The van der Waals surface area contributed by atoms with Crippen molar-refractivity contribution in [1.29, 1.82) is 0 Å². The summed E-state index contributed by atoms with van der Waals surface area (Å²) >= 11 is 0. The summed E-state index contributed by atoms with van der Waals surface area (Å²) in [6, 6.07) is 7.07. The van der Waals surface area contributed by atoms with Crippen LogP contribution in [-0.4, -0.2) is 25.1 Å². The van der Waals surface area contributed by atoms with Crippen molar-refractivity contribution in [3.8, 4) is 5.75 Å². The summed E-state index contributed by atoms with van der Waals surface area (Å²) in [4.78, 5) is 12.1. The van der Waals surface area contributed by atoms with Crippen molar-refractivity contribution >= 4 is 5.91 Å². The molecule has 0 aliphatic heterocycles. The van der Waals surface area contributed by atoms with E-state index in [9.17, 15) is 4.79 Å². The van der Waals surface area contributed by atoms with Crippen molar-refractivity contribution in [3.63, 3.8) is 0 Å². The van der Waals surface area contributed by atoms with E-state index in [4.69, 9.17) is 10.5 Å². The Morgan fingerprint density at radius 2 is 1.89 bits per heavy atom. The molecule has 106 valence electrons. The lowest BCUT2D eigenvalue weighted by Crippen LogP contribution is -2.48. The standard InChI is InChI=1S/C15H24N2O2/c1-5-19-12-8-6-11(7-9-12)14(18)17-13(10-16)15(2,3)4/h6-9,13H,5,10,16H2,1-4H3,(H,17,18). The fourth-order valence-corrected chi connectivity index (χ4v) is 1.74. The normalized spacial score (nSPS) is 12.9. The molecule has 0 heterocycles. The maximum atomic E-state index is 12.1. The highest BCUT2D eigenvalue weighted by atomic mass is 16.5. The molecule has 0 saturated heterocycles. The molecule has 4 nitrogen and oxygen atoms in total. The van der Waals surface area contributed by atoms with Gasteiger partial charge in [0.25, 0.3) is 5.91 Å². The molecule has 3 N–H and O–H groups in total. The zero-order valence-corrected chi connectivity index (χ0v) is 12.2. The van der Waals surface area contributed by atoms with Crippen molar-refractivity contribution < 1.29 is 9.53 Å². The first-order valence-corrected chi connectivity index (χ1v) is 6.62. The van der Waals surface area contributed by atoms with Gasteiger partial charge in [-0.05, 0) is 36.6 Å². The van der Waals surface area contributed by atoms with E-state index in [0.29, 0.717) is 18.7 Å². The fourth-order valence-electron chi connectivity index (χ4n) is 1.74. The van der Waals surface area contributed by atoms with E-state index < -0.39 is 0 Å². The van der Waals surface area contributed by atoms with Gasteiger partial charge in [-0.15, -0.1) is 0 Å². The highest BCUT2D eigenvalue weighted by Crippen LogP contribution is 2.19. The van der Waals surface area contributed by atoms with Crippen LogP contribution in [0.3, 0.4) is 0 Å². The van der Waals surface area contributed by atoms with Crippen LogP contribution in [0.5, 0.6) is 5.75 Å². The number of nitrogens with one attached hydrogen (secondary N) is 1. The Labute approximate surface area is 115 Å². The average Bonchev–Trinajstić information content (AvgIpc) is 2.35. The third-order valence-electron chi connectivity index (χ3n) is 3.01. The Hall–Kier alpha value is -1.55. The molecule has 0 spiro atoms. The van der Waals surface area contributed by atoms with Gasteiger partial charge >= 0.3 is 0 Å². The van der Waals surface area contributed by atoms with Gasteiger partial charge in [-0.2, -0.15) is 0 Å². The summed E-state index contributed by atoms with van der Waals surface area (Å²) in [5.74, 6) is 0.665. The van der Waals surface area contributed by atoms with Gasteiger partial charge in [-0.25, -0.2) is 0 Å². The maximum absolute atomic E-state index is 12.1. The molecule has 1 unspecified atom stereocenters. The summed E-state index contributed by atoms with van der Waals surface area (Å²) in [7, 11) is 0. The lowest BCUT2D eigenvalue weighted by Gasteiger charge is -2.30. The molecular formula is C15H24N2O2. The molecule has 0 aromatic heterocycles. The third-order valence-corrected chi connectivity index (χ3v) is 3.01. The van der Waals surface area contributed by atoms with Gasteiger partial charge in [0.15, 0.2) is 0 Å². The lowest BCUT2D eigenvalue weighted by molar-refractivity contribution is 0.0905. The maximum Gasteiger partial charge on any atom is 0.251 e. The Morgan fingerprint density at radius 1 is 1.32 bits per heavy atom. The van der Waals surface area contributed by atoms with Crippen LogP contribution in [-0.2, 0) is 0 Å². The molecule has 4 heteroatoms. The van der Waals surface area contributed by atoms with Gasteiger partial charge in [0.05, 0.1) is 6.61 Å².